The largest absolute Gasteiger partial charge is 0.461 e. The fraction of sp³-hybridized carbons (Fsp3) is 0.158. The molecule has 2 aromatic carbocycles. The second-order valence-corrected chi connectivity index (χ2v) is 6.24. The number of halogens is 2. The summed E-state index contributed by atoms with van der Waals surface area (Å²) in [6.07, 6.45) is 0. The number of hydrogen-bond donors (Lipinski definition) is 0. The lowest BCUT2D eigenvalue weighted by Crippen LogP contribution is -2.14. The van der Waals surface area contributed by atoms with Crippen LogP contribution in [-0.2, 0) is 11.3 Å². The Balaban J connectivity index is 2.02. The van der Waals surface area contributed by atoms with Crippen molar-refractivity contribution in [2.45, 2.75) is 13.5 Å². The van der Waals surface area contributed by atoms with Gasteiger partial charge in [-0.1, -0.05) is 53.5 Å². The van der Waals surface area contributed by atoms with Gasteiger partial charge in [-0.3, -0.25) is 4.68 Å². The monoisotopic (exact) mass is 374 g/mol. The maximum Gasteiger partial charge on any atom is 0.356 e. The number of nitrogens with zero attached hydrogens (tertiary/aromatic N) is 2. The van der Waals surface area contributed by atoms with Crippen LogP contribution in [0.1, 0.15) is 23.0 Å². The van der Waals surface area contributed by atoms with E-state index < -0.39 is 5.97 Å². The highest BCUT2D eigenvalue weighted by atomic mass is 35.5. The number of aromatic nitrogens is 2. The first-order valence-corrected chi connectivity index (χ1v) is 8.58. The molecule has 0 spiro atoms. The second kappa shape index (κ2) is 7.72. The van der Waals surface area contributed by atoms with Crippen LogP contribution in [0.15, 0.2) is 54.6 Å². The zero-order valence-electron chi connectivity index (χ0n) is 13.6. The highest BCUT2D eigenvalue weighted by molar-refractivity contribution is 6.33. The molecule has 0 N–H and O–H groups in total. The third-order valence-electron chi connectivity index (χ3n) is 3.66. The zero-order valence-corrected chi connectivity index (χ0v) is 15.1. The standard InChI is InChI=1S/C19H16Cl2N2O2/c1-2-25-19(24)18-11-17(13-6-4-3-5-7-13)22-23(18)12-14-10-15(20)8-9-16(14)21/h3-11H,2,12H2,1H3. The fourth-order valence-electron chi connectivity index (χ4n) is 2.48. The molecule has 1 heterocycles. The number of hydrogen-bond acceptors (Lipinski definition) is 3. The first-order valence-electron chi connectivity index (χ1n) is 7.83. The van der Waals surface area contributed by atoms with E-state index >= 15 is 0 Å². The lowest BCUT2D eigenvalue weighted by Gasteiger charge is -2.09. The van der Waals surface area contributed by atoms with Crippen LogP contribution >= 0.6 is 23.2 Å². The Kier molecular flexibility index (Phi) is 5.41. The molecular weight excluding hydrogens is 359 g/mol. The molecule has 0 aliphatic rings. The van der Waals surface area contributed by atoms with Crippen molar-refractivity contribution in [3.05, 3.63) is 75.9 Å². The van der Waals surface area contributed by atoms with Crippen LogP contribution < -0.4 is 0 Å². The smallest absolute Gasteiger partial charge is 0.356 e. The molecule has 0 aliphatic heterocycles. The molecule has 0 saturated heterocycles. The Morgan fingerprint density at radius 1 is 1.12 bits per heavy atom. The van der Waals surface area contributed by atoms with Crippen molar-refractivity contribution in [1.82, 2.24) is 9.78 Å². The first kappa shape index (κ1) is 17.5. The van der Waals surface area contributed by atoms with Crippen molar-refractivity contribution in [2.24, 2.45) is 0 Å². The summed E-state index contributed by atoms with van der Waals surface area (Å²) in [5, 5.41) is 5.71. The van der Waals surface area contributed by atoms with Crippen LogP contribution in [0.25, 0.3) is 11.3 Å². The predicted octanol–water partition coefficient (Wildman–Crippen LogP) is 5.08. The number of ether oxygens (including phenoxy) is 1. The van der Waals surface area contributed by atoms with Crippen LogP contribution in [0.5, 0.6) is 0 Å². The second-order valence-electron chi connectivity index (χ2n) is 5.39. The molecule has 3 aromatic rings. The van der Waals surface area contributed by atoms with E-state index in [4.69, 9.17) is 27.9 Å². The third-order valence-corrected chi connectivity index (χ3v) is 4.27. The number of benzene rings is 2. The van der Waals surface area contributed by atoms with Crippen LogP contribution in [0, 0.1) is 0 Å². The van der Waals surface area contributed by atoms with E-state index in [9.17, 15) is 4.79 Å². The normalized spacial score (nSPS) is 10.7. The summed E-state index contributed by atoms with van der Waals surface area (Å²) in [4.78, 5) is 12.3. The van der Waals surface area contributed by atoms with E-state index in [1.54, 1.807) is 35.9 Å². The summed E-state index contributed by atoms with van der Waals surface area (Å²) in [5.74, 6) is -0.421. The first-order chi connectivity index (χ1) is 12.1. The number of carbonyl (C=O) groups excluding carboxylic acids is 1. The van der Waals surface area contributed by atoms with E-state index in [-0.39, 0.29) is 0 Å². The van der Waals surface area contributed by atoms with Crippen LogP contribution in [-0.4, -0.2) is 22.4 Å². The van der Waals surface area contributed by atoms with Gasteiger partial charge in [0.25, 0.3) is 0 Å². The molecule has 6 heteroatoms. The molecule has 4 nitrogen and oxygen atoms in total. The molecule has 1 aromatic heterocycles. The van der Waals surface area contributed by atoms with Crippen molar-refractivity contribution in [2.75, 3.05) is 6.61 Å². The molecule has 25 heavy (non-hydrogen) atoms. The molecule has 0 unspecified atom stereocenters. The minimum absolute atomic E-state index is 0.294. The Labute approximate surface area is 155 Å². The maximum absolute atomic E-state index is 12.3. The van der Waals surface area contributed by atoms with Gasteiger partial charge in [0.2, 0.25) is 0 Å². The number of esters is 1. The molecule has 0 radical (unpaired) electrons. The van der Waals surface area contributed by atoms with Gasteiger partial charge in [0.1, 0.15) is 5.69 Å². The van der Waals surface area contributed by atoms with Crippen molar-refractivity contribution in [1.29, 1.82) is 0 Å². The van der Waals surface area contributed by atoms with E-state index in [1.165, 1.54) is 0 Å². The minimum Gasteiger partial charge on any atom is -0.461 e. The summed E-state index contributed by atoms with van der Waals surface area (Å²) in [6.45, 7) is 2.38. The Morgan fingerprint density at radius 2 is 1.88 bits per heavy atom. The molecule has 0 aliphatic carbocycles. The van der Waals surface area contributed by atoms with Gasteiger partial charge in [0, 0.05) is 15.6 Å². The minimum atomic E-state index is -0.421. The van der Waals surface area contributed by atoms with Crippen LogP contribution in [0.4, 0.5) is 0 Å². The molecule has 128 valence electrons. The highest BCUT2D eigenvalue weighted by Gasteiger charge is 2.18. The summed E-state index contributed by atoms with van der Waals surface area (Å²) >= 11 is 12.3. The van der Waals surface area contributed by atoms with E-state index in [0.717, 1.165) is 11.1 Å². The zero-order chi connectivity index (χ0) is 17.8. The van der Waals surface area contributed by atoms with E-state index in [1.807, 2.05) is 30.3 Å². The molecule has 0 atom stereocenters. The summed E-state index contributed by atoms with van der Waals surface area (Å²) in [7, 11) is 0. The van der Waals surface area contributed by atoms with Gasteiger partial charge in [0.15, 0.2) is 0 Å². The third kappa shape index (κ3) is 4.03. The highest BCUT2D eigenvalue weighted by Crippen LogP contribution is 2.24. The summed E-state index contributed by atoms with van der Waals surface area (Å²) in [5.41, 5.74) is 2.77. The fourth-order valence-corrected chi connectivity index (χ4v) is 2.85. The summed E-state index contributed by atoms with van der Waals surface area (Å²) in [6, 6.07) is 16.6. The van der Waals surface area contributed by atoms with Crippen molar-refractivity contribution in [3.63, 3.8) is 0 Å². The van der Waals surface area contributed by atoms with Gasteiger partial charge in [0.05, 0.1) is 18.8 Å². The van der Waals surface area contributed by atoms with Crippen molar-refractivity contribution < 1.29 is 9.53 Å². The molecule has 0 saturated carbocycles. The number of carbonyl (C=O) groups is 1. The van der Waals surface area contributed by atoms with Gasteiger partial charge in [-0.25, -0.2) is 4.79 Å². The Morgan fingerprint density at radius 3 is 2.60 bits per heavy atom. The molecule has 0 bridgehead atoms. The maximum atomic E-state index is 12.3. The van der Waals surface area contributed by atoms with Gasteiger partial charge < -0.3 is 4.74 Å². The summed E-state index contributed by atoms with van der Waals surface area (Å²) < 4.78 is 6.75. The molecule has 0 fully saturated rings. The van der Waals surface area contributed by atoms with E-state index in [2.05, 4.69) is 5.10 Å². The van der Waals surface area contributed by atoms with Crippen molar-refractivity contribution >= 4 is 29.2 Å². The van der Waals surface area contributed by atoms with E-state index in [0.29, 0.717) is 34.6 Å². The van der Waals surface area contributed by atoms with Gasteiger partial charge in [-0.15, -0.1) is 0 Å². The average Bonchev–Trinajstić information content (AvgIpc) is 3.03. The van der Waals surface area contributed by atoms with Gasteiger partial charge in [-0.2, -0.15) is 5.10 Å². The van der Waals surface area contributed by atoms with Crippen LogP contribution in [0.2, 0.25) is 10.0 Å². The molecular formula is C19H16Cl2N2O2. The van der Waals surface area contributed by atoms with Gasteiger partial charge in [-0.05, 0) is 36.8 Å². The molecule has 0 amide bonds. The van der Waals surface area contributed by atoms with Crippen molar-refractivity contribution in [3.8, 4) is 11.3 Å². The quantitative estimate of drug-likeness (QED) is 0.584. The van der Waals surface area contributed by atoms with Gasteiger partial charge >= 0.3 is 5.97 Å². The van der Waals surface area contributed by atoms with Crippen LogP contribution in [0.3, 0.4) is 0 Å². The average molecular weight is 375 g/mol. The lowest BCUT2D eigenvalue weighted by atomic mass is 10.1. The Hall–Kier alpha value is -2.30. The number of rotatable bonds is 5. The lowest BCUT2D eigenvalue weighted by molar-refractivity contribution is 0.0512. The SMILES string of the molecule is CCOC(=O)c1cc(-c2ccccc2)nn1Cc1cc(Cl)ccc1Cl. The topological polar surface area (TPSA) is 44.1 Å². The Bertz CT molecular complexity index is 892. The predicted molar refractivity (Wildman–Crippen MR) is 99.2 cm³/mol. The molecule has 3 rings (SSSR count).